The van der Waals surface area contributed by atoms with E-state index in [0.717, 1.165) is 73.7 Å². The fraction of sp³-hybridized carbons (Fsp3) is 0.593. The summed E-state index contributed by atoms with van der Waals surface area (Å²) in [7, 11) is 2.17. The quantitative estimate of drug-likeness (QED) is 0.412. The molecule has 35 heavy (non-hydrogen) atoms. The van der Waals surface area contributed by atoms with E-state index in [9.17, 15) is 9.90 Å². The van der Waals surface area contributed by atoms with Crippen molar-refractivity contribution in [3.8, 4) is 0 Å². The molecule has 188 valence electrons. The van der Waals surface area contributed by atoms with Gasteiger partial charge in [-0.15, -0.1) is 0 Å². The Hall–Kier alpha value is -2.71. The van der Waals surface area contributed by atoms with Crippen LogP contribution in [0, 0.1) is 0 Å². The van der Waals surface area contributed by atoms with Gasteiger partial charge in [-0.25, -0.2) is 4.98 Å². The first-order valence-electron chi connectivity index (χ1n) is 13.2. The zero-order valence-electron chi connectivity index (χ0n) is 21.2. The lowest BCUT2D eigenvalue weighted by atomic mass is 9.92. The Morgan fingerprint density at radius 2 is 1.91 bits per heavy atom. The number of aromatic nitrogens is 3. The number of rotatable bonds is 6. The van der Waals surface area contributed by atoms with E-state index in [1.54, 1.807) is 0 Å². The first kappa shape index (κ1) is 24.0. The Kier molecular flexibility index (Phi) is 6.93. The molecule has 0 spiro atoms. The number of aliphatic hydroxyl groups excluding tert-OH is 1. The maximum Gasteiger partial charge on any atom is 0.260 e. The van der Waals surface area contributed by atoms with Gasteiger partial charge in [0.15, 0.2) is 0 Å². The maximum atomic E-state index is 14.0. The Bertz CT molecular complexity index is 1250. The maximum absolute atomic E-state index is 14.0. The number of unbranched alkanes of at least 4 members (excludes halogenated alkanes) is 1. The normalized spacial score (nSPS) is 23.8. The Morgan fingerprint density at radius 3 is 2.66 bits per heavy atom. The van der Waals surface area contributed by atoms with Gasteiger partial charge < -0.3 is 20.2 Å². The lowest BCUT2D eigenvalue weighted by molar-refractivity contribution is 0.111. The lowest BCUT2D eigenvalue weighted by Gasteiger charge is -2.39. The number of piperazine rings is 1. The predicted molar refractivity (Wildman–Crippen MR) is 143 cm³/mol. The topological polar surface area (TPSA) is 86.5 Å². The largest absolute Gasteiger partial charge is 0.393 e. The van der Waals surface area contributed by atoms with Crippen LogP contribution in [-0.2, 0) is 0 Å². The van der Waals surface area contributed by atoms with Gasteiger partial charge in [0, 0.05) is 55.5 Å². The summed E-state index contributed by atoms with van der Waals surface area (Å²) in [6.45, 7) is 8.11. The summed E-state index contributed by atoms with van der Waals surface area (Å²) >= 11 is 0. The summed E-state index contributed by atoms with van der Waals surface area (Å²) in [5.41, 5.74) is 1.80. The fourth-order valence-electron chi connectivity index (χ4n) is 5.51. The summed E-state index contributed by atoms with van der Waals surface area (Å²) in [6.07, 6.45) is 6.70. The predicted octanol–water partition coefficient (Wildman–Crippen LogP) is 3.77. The Labute approximate surface area is 207 Å². The zero-order chi connectivity index (χ0) is 24.5. The van der Waals surface area contributed by atoms with Gasteiger partial charge in [0.05, 0.1) is 11.5 Å². The van der Waals surface area contributed by atoms with Crippen LogP contribution in [0.1, 0.15) is 58.4 Å². The molecule has 1 saturated carbocycles. The zero-order valence-corrected chi connectivity index (χ0v) is 21.2. The summed E-state index contributed by atoms with van der Waals surface area (Å²) in [5, 5.41) is 15.9. The van der Waals surface area contributed by atoms with Gasteiger partial charge in [-0.05, 0) is 63.6 Å². The average Bonchev–Trinajstić information content (AvgIpc) is 2.87. The number of anilines is 2. The summed E-state index contributed by atoms with van der Waals surface area (Å²) in [4.78, 5) is 28.2. The molecule has 2 aliphatic rings. The molecule has 1 aliphatic heterocycles. The molecule has 2 aromatic heterocycles. The molecule has 2 fully saturated rings. The lowest BCUT2D eigenvalue weighted by Crippen LogP contribution is -2.50. The van der Waals surface area contributed by atoms with E-state index < -0.39 is 0 Å². The average molecular weight is 479 g/mol. The highest BCUT2D eigenvalue weighted by Crippen LogP contribution is 2.33. The van der Waals surface area contributed by atoms with E-state index in [-0.39, 0.29) is 17.7 Å². The smallest absolute Gasteiger partial charge is 0.260 e. The minimum atomic E-state index is -0.277. The van der Waals surface area contributed by atoms with Crippen molar-refractivity contribution in [2.45, 2.75) is 70.6 Å². The van der Waals surface area contributed by atoms with Crippen LogP contribution < -0.4 is 15.8 Å². The van der Waals surface area contributed by atoms with Crippen LogP contribution in [0.5, 0.6) is 0 Å². The molecule has 1 aliphatic carbocycles. The second-order valence-electron chi connectivity index (χ2n) is 10.4. The van der Waals surface area contributed by atoms with Crippen LogP contribution in [0.2, 0.25) is 0 Å². The highest BCUT2D eigenvalue weighted by atomic mass is 16.3. The second-order valence-corrected chi connectivity index (χ2v) is 10.4. The van der Waals surface area contributed by atoms with E-state index >= 15 is 0 Å². The van der Waals surface area contributed by atoms with Gasteiger partial charge in [-0.1, -0.05) is 19.4 Å². The first-order valence-corrected chi connectivity index (χ1v) is 13.2. The minimum absolute atomic E-state index is 0.0103. The summed E-state index contributed by atoms with van der Waals surface area (Å²) in [6, 6.07) is 6.77. The molecule has 2 N–H and O–H groups in total. The van der Waals surface area contributed by atoms with Crippen molar-refractivity contribution in [3.63, 3.8) is 0 Å². The number of hydrogen-bond acceptors (Lipinski definition) is 7. The number of nitrogens with zero attached hydrogens (tertiary/aromatic N) is 5. The first-order chi connectivity index (χ1) is 17.0. The van der Waals surface area contributed by atoms with Gasteiger partial charge in [0.25, 0.3) is 5.56 Å². The van der Waals surface area contributed by atoms with E-state index in [0.29, 0.717) is 30.5 Å². The third-order valence-electron chi connectivity index (χ3n) is 7.91. The molecule has 3 aromatic rings. The number of nitrogens with one attached hydrogen (secondary N) is 1. The molecule has 8 nitrogen and oxygen atoms in total. The molecule has 8 heteroatoms. The number of fused-ring (bicyclic) bond motifs is 3. The summed E-state index contributed by atoms with van der Waals surface area (Å²) in [5.74, 6) is 0.567. The van der Waals surface area contributed by atoms with Crippen molar-refractivity contribution in [2.75, 3.05) is 43.4 Å². The van der Waals surface area contributed by atoms with Crippen LogP contribution in [0.15, 0.2) is 29.2 Å². The van der Waals surface area contributed by atoms with Crippen LogP contribution in [0.25, 0.3) is 21.8 Å². The minimum Gasteiger partial charge on any atom is -0.393 e. The monoisotopic (exact) mass is 478 g/mol. The van der Waals surface area contributed by atoms with Gasteiger partial charge >= 0.3 is 0 Å². The standard InChI is InChI=1S/C27H38N6O2/c1-4-5-12-28-27-29-16-24-22-11-8-20(32-14-13-31(3)18(2)17-32)15-23(22)26(35)33(25(24)30-27)19-6-9-21(34)10-7-19/h8,11,15-16,18-19,21,34H,4-7,9-10,12-14,17H2,1-3H3,(H,28,29,30)/t18?,19-,21-. The molecule has 3 heterocycles. The highest BCUT2D eigenvalue weighted by molar-refractivity contribution is 6.05. The Morgan fingerprint density at radius 1 is 1.11 bits per heavy atom. The summed E-state index contributed by atoms with van der Waals surface area (Å²) < 4.78 is 1.90. The van der Waals surface area contributed by atoms with Gasteiger partial charge in [0.2, 0.25) is 5.95 Å². The molecular weight excluding hydrogens is 440 g/mol. The molecule has 1 aromatic carbocycles. The number of aliphatic hydroxyl groups is 1. The third kappa shape index (κ3) is 4.74. The van der Waals surface area contributed by atoms with Gasteiger partial charge in [0.1, 0.15) is 5.65 Å². The van der Waals surface area contributed by atoms with E-state index in [1.807, 2.05) is 10.8 Å². The van der Waals surface area contributed by atoms with Crippen LogP contribution in [0.4, 0.5) is 11.6 Å². The van der Waals surface area contributed by atoms with E-state index in [4.69, 9.17) is 4.98 Å². The molecule has 1 unspecified atom stereocenters. The Balaban J connectivity index is 1.63. The van der Waals surface area contributed by atoms with Crippen molar-refractivity contribution >= 4 is 33.4 Å². The molecule has 5 rings (SSSR count). The van der Waals surface area contributed by atoms with Crippen molar-refractivity contribution in [3.05, 3.63) is 34.7 Å². The molecule has 1 saturated heterocycles. The van der Waals surface area contributed by atoms with E-state index in [2.05, 4.69) is 59.2 Å². The van der Waals surface area contributed by atoms with Crippen LogP contribution in [0.3, 0.4) is 0 Å². The number of benzene rings is 1. The fourth-order valence-corrected chi connectivity index (χ4v) is 5.51. The third-order valence-corrected chi connectivity index (χ3v) is 7.91. The highest BCUT2D eigenvalue weighted by Gasteiger charge is 2.26. The van der Waals surface area contributed by atoms with Crippen molar-refractivity contribution < 1.29 is 5.11 Å². The number of hydrogen-bond donors (Lipinski definition) is 2. The number of likely N-dealkylation sites (N-methyl/N-ethyl adjacent to an activating group) is 1. The van der Waals surface area contributed by atoms with Gasteiger partial charge in [-0.2, -0.15) is 4.98 Å². The molecule has 0 bridgehead atoms. The SMILES string of the molecule is CCCCNc1ncc2c3ccc(N4CCN(C)C(C)C4)cc3c(=O)n([C@H]3CC[C@H](O)CC3)c2n1. The van der Waals surface area contributed by atoms with Crippen molar-refractivity contribution in [1.82, 2.24) is 19.4 Å². The van der Waals surface area contributed by atoms with Crippen molar-refractivity contribution in [1.29, 1.82) is 0 Å². The van der Waals surface area contributed by atoms with Crippen LogP contribution in [-0.4, -0.2) is 69.9 Å². The van der Waals surface area contributed by atoms with E-state index in [1.165, 1.54) is 0 Å². The van der Waals surface area contributed by atoms with Crippen LogP contribution >= 0.6 is 0 Å². The molecular formula is C27H38N6O2. The van der Waals surface area contributed by atoms with Crippen molar-refractivity contribution in [2.24, 2.45) is 0 Å². The molecule has 1 atom stereocenters. The molecule has 0 amide bonds. The van der Waals surface area contributed by atoms with Gasteiger partial charge in [-0.3, -0.25) is 9.36 Å². The molecule has 0 radical (unpaired) electrons. The second kappa shape index (κ2) is 10.1. The number of pyridine rings is 1.